The van der Waals surface area contributed by atoms with E-state index in [4.69, 9.17) is 37.7 Å². The maximum atomic E-state index is 12.6. The van der Waals surface area contributed by atoms with E-state index in [-0.39, 0.29) is 5.91 Å². The van der Waals surface area contributed by atoms with E-state index in [1.165, 1.54) is 0 Å². The van der Waals surface area contributed by atoms with Crippen molar-refractivity contribution in [1.82, 2.24) is 10.5 Å². The molecule has 1 aliphatic heterocycles. The van der Waals surface area contributed by atoms with Gasteiger partial charge in [-0.2, -0.15) is 0 Å². The summed E-state index contributed by atoms with van der Waals surface area (Å²) in [5.41, 5.74) is 4.21. The topological polar surface area (TPSA) is 132 Å². The first-order chi connectivity index (χ1) is 24.0. The summed E-state index contributed by atoms with van der Waals surface area (Å²) in [4.78, 5) is 12.6. The molecule has 4 aromatic carbocycles. The molecule has 0 aliphatic carbocycles. The van der Waals surface area contributed by atoms with Gasteiger partial charge in [0, 0.05) is 23.7 Å². The molecule has 49 heavy (non-hydrogen) atoms. The summed E-state index contributed by atoms with van der Waals surface area (Å²) in [6.45, 7) is 0.745. The van der Waals surface area contributed by atoms with Crippen LogP contribution in [0.3, 0.4) is 0 Å². The van der Waals surface area contributed by atoms with Gasteiger partial charge in [0.25, 0.3) is 5.91 Å². The third-order valence-corrected chi connectivity index (χ3v) is 7.99. The lowest BCUT2D eigenvalue weighted by Gasteiger charge is -2.28. The molecule has 254 valence electrons. The maximum absolute atomic E-state index is 12.6. The van der Waals surface area contributed by atoms with Crippen LogP contribution in [0.25, 0.3) is 22.6 Å². The molecule has 0 fully saturated rings. The number of anilines is 1. The Morgan fingerprint density at radius 2 is 1.35 bits per heavy atom. The van der Waals surface area contributed by atoms with Gasteiger partial charge < -0.3 is 48.3 Å². The molecule has 1 aromatic heterocycles. The summed E-state index contributed by atoms with van der Waals surface area (Å²) in [5, 5.41) is 10.6. The van der Waals surface area contributed by atoms with E-state index in [9.17, 15) is 4.79 Å². The van der Waals surface area contributed by atoms with Crippen LogP contribution in [0, 0.1) is 0 Å². The van der Waals surface area contributed by atoms with Crippen LogP contribution in [-0.4, -0.2) is 59.8 Å². The molecule has 0 saturated heterocycles. The normalized spacial score (nSPS) is 13.4. The Bertz CT molecular complexity index is 1920. The van der Waals surface area contributed by atoms with Gasteiger partial charge >= 0.3 is 0 Å². The molecule has 1 unspecified atom stereocenters. The van der Waals surface area contributed by atoms with Gasteiger partial charge in [-0.15, -0.1) is 0 Å². The third kappa shape index (κ3) is 6.84. The largest absolute Gasteiger partial charge is 0.493 e. The van der Waals surface area contributed by atoms with E-state index in [0.29, 0.717) is 82.5 Å². The first-order valence-corrected chi connectivity index (χ1v) is 15.5. The van der Waals surface area contributed by atoms with Crippen molar-refractivity contribution in [2.45, 2.75) is 12.6 Å². The van der Waals surface area contributed by atoms with Crippen molar-refractivity contribution < 1.29 is 42.5 Å². The lowest BCUT2D eigenvalue weighted by molar-refractivity contribution is 0.0935. The number of amides is 1. The Kier molecular flexibility index (Phi) is 9.93. The zero-order valence-electron chi connectivity index (χ0n) is 27.8. The Hall–Kier alpha value is -6.04. The number of hydrogen-bond donors (Lipinski definition) is 2. The van der Waals surface area contributed by atoms with Crippen LogP contribution in [0.2, 0.25) is 0 Å². The first kappa shape index (κ1) is 32.9. The molecule has 2 N–H and O–H groups in total. The molecular formula is C37H37N3O9. The van der Waals surface area contributed by atoms with Crippen LogP contribution < -0.4 is 43.8 Å². The number of carbonyl (C=O) groups excluding carboxylic acids is 1. The van der Waals surface area contributed by atoms with E-state index in [1.54, 1.807) is 53.7 Å². The molecule has 1 atom stereocenters. The molecule has 0 spiro atoms. The molecule has 12 nitrogen and oxygen atoms in total. The van der Waals surface area contributed by atoms with Crippen molar-refractivity contribution in [3.63, 3.8) is 0 Å². The van der Waals surface area contributed by atoms with Gasteiger partial charge in [-0.25, -0.2) is 0 Å². The Labute approximate surface area is 283 Å². The molecule has 1 aliphatic rings. The number of carbonyl (C=O) groups is 1. The number of benzene rings is 4. The first-order valence-electron chi connectivity index (χ1n) is 15.5. The van der Waals surface area contributed by atoms with Gasteiger partial charge in [-0.1, -0.05) is 29.4 Å². The van der Waals surface area contributed by atoms with Crippen molar-refractivity contribution in [2.24, 2.45) is 0 Å². The number of methoxy groups -OCH3 is 5. The summed E-state index contributed by atoms with van der Waals surface area (Å²) < 4.78 is 45.6. The van der Waals surface area contributed by atoms with Gasteiger partial charge in [0.2, 0.25) is 5.75 Å². The van der Waals surface area contributed by atoms with Gasteiger partial charge in [0.15, 0.2) is 40.3 Å². The van der Waals surface area contributed by atoms with Crippen LogP contribution in [0.15, 0.2) is 83.4 Å². The van der Waals surface area contributed by atoms with E-state index >= 15 is 0 Å². The van der Waals surface area contributed by atoms with Crippen LogP contribution in [-0.2, 0) is 0 Å². The average molecular weight is 668 g/mol. The minimum absolute atomic E-state index is 0.137. The van der Waals surface area contributed by atoms with Gasteiger partial charge in [-0.05, 0) is 54.1 Å². The van der Waals surface area contributed by atoms with Crippen LogP contribution in [0.5, 0.6) is 40.2 Å². The number of nitrogens with one attached hydrogen (secondary N) is 2. The minimum atomic E-state index is -0.400. The zero-order valence-corrected chi connectivity index (χ0v) is 27.8. The smallest absolute Gasteiger partial charge is 0.255 e. The summed E-state index contributed by atoms with van der Waals surface area (Å²) in [6, 6.07) is 24.0. The summed E-state index contributed by atoms with van der Waals surface area (Å²) >= 11 is 0. The Morgan fingerprint density at radius 1 is 0.653 bits per heavy atom. The van der Waals surface area contributed by atoms with Crippen molar-refractivity contribution in [3.8, 4) is 62.8 Å². The minimum Gasteiger partial charge on any atom is -0.493 e. The van der Waals surface area contributed by atoms with E-state index in [0.717, 1.165) is 16.8 Å². The van der Waals surface area contributed by atoms with Crippen molar-refractivity contribution in [1.29, 1.82) is 0 Å². The second-order valence-corrected chi connectivity index (χ2v) is 10.9. The van der Waals surface area contributed by atoms with Crippen LogP contribution in [0.4, 0.5) is 5.69 Å². The second-order valence-electron chi connectivity index (χ2n) is 10.9. The second kappa shape index (κ2) is 14.8. The average Bonchev–Trinajstić information content (AvgIpc) is 3.64. The summed E-state index contributed by atoms with van der Waals surface area (Å²) in [6.07, 6.45) is 0.186. The van der Waals surface area contributed by atoms with E-state index in [2.05, 4.69) is 15.8 Å². The zero-order chi connectivity index (χ0) is 34.3. The molecule has 1 amide bonds. The van der Waals surface area contributed by atoms with E-state index < -0.39 is 6.17 Å². The number of aromatic nitrogens is 1. The van der Waals surface area contributed by atoms with E-state index in [1.807, 2.05) is 60.7 Å². The van der Waals surface area contributed by atoms with Gasteiger partial charge in [-0.3, -0.25) is 4.79 Å². The summed E-state index contributed by atoms with van der Waals surface area (Å²) in [5.74, 6) is 4.07. The molecule has 2 heterocycles. The predicted molar refractivity (Wildman–Crippen MR) is 182 cm³/mol. The molecule has 0 saturated carbocycles. The van der Waals surface area contributed by atoms with Gasteiger partial charge in [0.1, 0.15) is 11.9 Å². The number of hydrogen-bond acceptors (Lipinski definition) is 11. The fourth-order valence-electron chi connectivity index (χ4n) is 5.58. The lowest BCUT2D eigenvalue weighted by Crippen LogP contribution is -2.38. The highest BCUT2D eigenvalue weighted by atomic mass is 16.5. The van der Waals surface area contributed by atoms with Crippen LogP contribution in [0.1, 0.15) is 28.5 Å². The fraction of sp³-hybridized carbons (Fsp3) is 0.243. The highest BCUT2D eigenvalue weighted by Crippen LogP contribution is 2.43. The molecule has 6 rings (SSSR count). The predicted octanol–water partition coefficient (Wildman–Crippen LogP) is 6.75. The molecule has 0 radical (unpaired) electrons. The molecule has 12 heteroatoms. The Balaban J connectivity index is 1.08. The molecule has 0 bridgehead atoms. The summed E-state index contributed by atoms with van der Waals surface area (Å²) in [7, 11) is 7.83. The lowest BCUT2D eigenvalue weighted by atomic mass is 10.1. The van der Waals surface area contributed by atoms with Crippen LogP contribution >= 0.6 is 0 Å². The standard InChI is InChI=1S/C37H37N3O9/c1-42-31-18-22(36-38-26-12-7-6-10-24(26)37(41)39-36)14-15-28(31)47-16-9-17-48-29-13-8-11-25(34(29)45-4)30-21-27(40-49-30)23-19-32(43-2)35(46-5)33(20-23)44-3/h6-8,10-15,18-21,36,38H,9,16-17H2,1-5H3,(H,39,41). The highest BCUT2D eigenvalue weighted by molar-refractivity contribution is 6.01. The third-order valence-electron chi connectivity index (χ3n) is 7.99. The van der Waals surface area contributed by atoms with Gasteiger partial charge in [0.05, 0.1) is 59.9 Å². The molecule has 5 aromatic rings. The number of nitrogens with zero attached hydrogens (tertiary/aromatic N) is 1. The van der Waals surface area contributed by atoms with Crippen molar-refractivity contribution in [2.75, 3.05) is 54.1 Å². The SMILES string of the molecule is COc1cc(C2NC(=O)c3ccccc3N2)ccc1OCCCOc1cccc(-c2cc(-c3cc(OC)c(OC)c(OC)c3)no2)c1OC. The van der Waals surface area contributed by atoms with Crippen molar-refractivity contribution in [3.05, 3.63) is 90.0 Å². The number of fused-ring (bicyclic) bond motifs is 1. The molecular weight excluding hydrogens is 630 g/mol. The quantitative estimate of drug-likeness (QED) is 0.122. The highest BCUT2D eigenvalue weighted by Gasteiger charge is 2.25. The number of para-hydroxylation sites is 2. The number of rotatable bonds is 14. The monoisotopic (exact) mass is 667 g/mol. The number of ether oxygens (including phenoxy) is 7. The fourth-order valence-corrected chi connectivity index (χ4v) is 5.58. The Morgan fingerprint density at radius 3 is 2.06 bits per heavy atom. The maximum Gasteiger partial charge on any atom is 0.255 e. The van der Waals surface area contributed by atoms with Crippen molar-refractivity contribution >= 4 is 11.6 Å².